The SMILES string of the molecule is CC1=NN(c2ccc(C(F)(F)F)cc2)C(=O)C1/C(C)=N/NC(=O)c1ccc(C(=O)NCc2ccncc2)s1. The van der Waals surface area contributed by atoms with Crippen molar-refractivity contribution >= 4 is 46.2 Å². The summed E-state index contributed by atoms with van der Waals surface area (Å²) in [6.07, 6.45) is -1.25. The summed E-state index contributed by atoms with van der Waals surface area (Å²) in [7, 11) is 0. The first-order valence-corrected chi connectivity index (χ1v) is 12.0. The molecule has 4 rings (SSSR count). The zero-order valence-corrected chi connectivity index (χ0v) is 20.9. The Morgan fingerprint density at radius 1 is 1.03 bits per heavy atom. The highest BCUT2D eigenvalue weighted by molar-refractivity contribution is 7.15. The van der Waals surface area contributed by atoms with Gasteiger partial charge in [0.25, 0.3) is 17.7 Å². The third-order valence-corrected chi connectivity index (χ3v) is 6.66. The predicted octanol–water partition coefficient (Wildman–Crippen LogP) is 4.24. The molecule has 3 amide bonds. The fourth-order valence-electron chi connectivity index (χ4n) is 3.63. The topological polar surface area (TPSA) is 116 Å². The molecule has 3 aromatic rings. The zero-order valence-electron chi connectivity index (χ0n) is 20.1. The van der Waals surface area contributed by atoms with Gasteiger partial charge < -0.3 is 5.32 Å². The maximum absolute atomic E-state index is 12.9. The molecule has 1 aliphatic heterocycles. The van der Waals surface area contributed by atoms with Gasteiger partial charge in [0.2, 0.25) is 0 Å². The summed E-state index contributed by atoms with van der Waals surface area (Å²) in [6.45, 7) is 3.43. The third-order valence-electron chi connectivity index (χ3n) is 5.58. The van der Waals surface area contributed by atoms with Gasteiger partial charge >= 0.3 is 6.18 Å². The minimum atomic E-state index is -4.50. The van der Waals surface area contributed by atoms with Crippen LogP contribution in [0.15, 0.2) is 71.1 Å². The Labute approximate surface area is 219 Å². The highest BCUT2D eigenvalue weighted by Gasteiger charge is 2.37. The van der Waals surface area contributed by atoms with Crippen molar-refractivity contribution in [2.75, 3.05) is 5.01 Å². The number of rotatable bonds is 7. The van der Waals surface area contributed by atoms with Gasteiger partial charge in [0.05, 0.1) is 32.4 Å². The Balaban J connectivity index is 1.37. The number of hydrogen-bond acceptors (Lipinski definition) is 7. The lowest BCUT2D eigenvalue weighted by Gasteiger charge is -2.15. The molecule has 0 fully saturated rings. The van der Waals surface area contributed by atoms with Crippen LogP contribution in [0.5, 0.6) is 0 Å². The molecule has 196 valence electrons. The number of alkyl halides is 3. The van der Waals surface area contributed by atoms with E-state index in [9.17, 15) is 27.6 Å². The quantitative estimate of drug-likeness (QED) is 0.343. The summed E-state index contributed by atoms with van der Waals surface area (Å²) < 4.78 is 38.5. The van der Waals surface area contributed by atoms with Crippen LogP contribution in [0.2, 0.25) is 0 Å². The van der Waals surface area contributed by atoms with Crippen molar-refractivity contribution in [3.05, 3.63) is 81.8 Å². The van der Waals surface area contributed by atoms with Crippen molar-refractivity contribution < 1.29 is 27.6 Å². The second-order valence-electron chi connectivity index (χ2n) is 8.27. The van der Waals surface area contributed by atoms with Crippen LogP contribution in [0.25, 0.3) is 0 Å². The monoisotopic (exact) mass is 542 g/mol. The number of carbonyl (C=O) groups is 3. The number of anilines is 1. The van der Waals surface area contributed by atoms with Crippen molar-refractivity contribution in [1.82, 2.24) is 15.7 Å². The fourth-order valence-corrected chi connectivity index (χ4v) is 4.45. The molecule has 9 nitrogen and oxygen atoms in total. The van der Waals surface area contributed by atoms with Crippen molar-refractivity contribution in [2.45, 2.75) is 26.6 Å². The summed E-state index contributed by atoms with van der Waals surface area (Å²) in [4.78, 5) is 42.4. The Bertz CT molecular complexity index is 1420. The zero-order chi connectivity index (χ0) is 27.4. The highest BCUT2D eigenvalue weighted by atomic mass is 32.1. The number of nitrogens with zero attached hydrogens (tertiary/aromatic N) is 4. The van der Waals surface area contributed by atoms with Crippen LogP contribution in [-0.4, -0.2) is 34.1 Å². The van der Waals surface area contributed by atoms with Gasteiger partial charge in [-0.25, -0.2) is 5.43 Å². The Hall–Kier alpha value is -4.39. The Kier molecular flexibility index (Phi) is 7.67. The van der Waals surface area contributed by atoms with E-state index >= 15 is 0 Å². The molecule has 1 atom stereocenters. The summed E-state index contributed by atoms with van der Waals surface area (Å²) in [5, 5.41) is 12.0. The van der Waals surface area contributed by atoms with Gasteiger partial charge in [-0.3, -0.25) is 19.4 Å². The van der Waals surface area contributed by atoms with Crippen LogP contribution in [0.3, 0.4) is 0 Å². The lowest BCUT2D eigenvalue weighted by molar-refractivity contribution is -0.137. The molecule has 0 aliphatic carbocycles. The first-order chi connectivity index (χ1) is 18.0. The first kappa shape index (κ1) is 26.7. The van der Waals surface area contributed by atoms with Gasteiger partial charge in [0.15, 0.2) is 0 Å². The fraction of sp³-hybridized carbons (Fsp3) is 0.200. The molecule has 0 bridgehead atoms. The van der Waals surface area contributed by atoms with E-state index in [2.05, 4.69) is 25.9 Å². The molecule has 2 aromatic heterocycles. The molecule has 1 aliphatic rings. The molecule has 38 heavy (non-hydrogen) atoms. The first-order valence-electron chi connectivity index (χ1n) is 11.2. The van der Waals surface area contributed by atoms with Gasteiger partial charge in [-0.15, -0.1) is 11.3 Å². The van der Waals surface area contributed by atoms with Gasteiger partial charge in [-0.1, -0.05) is 0 Å². The summed E-state index contributed by atoms with van der Waals surface area (Å²) in [5.74, 6) is -2.31. The van der Waals surface area contributed by atoms with Crippen molar-refractivity contribution in [1.29, 1.82) is 0 Å². The van der Waals surface area contributed by atoms with Crippen LogP contribution in [0.1, 0.15) is 44.3 Å². The van der Waals surface area contributed by atoms with Crippen LogP contribution in [0, 0.1) is 5.92 Å². The lowest BCUT2D eigenvalue weighted by atomic mass is 9.99. The van der Waals surface area contributed by atoms with Crippen LogP contribution in [0.4, 0.5) is 18.9 Å². The number of nitrogens with one attached hydrogen (secondary N) is 2. The molecule has 2 N–H and O–H groups in total. The predicted molar refractivity (Wildman–Crippen MR) is 136 cm³/mol. The molecule has 1 unspecified atom stereocenters. The van der Waals surface area contributed by atoms with Gasteiger partial charge in [-0.05, 0) is 67.9 Å². The molecule has 0 radical (unpaired) electrons. The molecular formula is C25H21F3N6O3S. The molecule has 0 saturated carbocycles. The van der Waals surface area contributed by atoms with Crippen molar-refractivity contribution in [3.63, 3.8) is 0 Å². The van der Waals surface area contributed by atoms with E-state index in [1.807, 2.05) is 0 Å². The molecular weight excluding hydrogens is 521 g/mol. The number of pyridine rings is 1. The van der Waals surface area contributed by atoms with E-state index in [-0.39, 0.29) is 22.2 Å². The summed E-state index contributed by atoms with van der Waals surface area (Å²) in [5.41, 5.74) is 3.20. The van der Waals surface area contributed by atoms with E-state index in [1.165, 1.54) is 19.1 Å². The Morgan fingerprint density at radius 3 is 2.29 bits per heavy atom. The summed E-state index contributed by atoms with van der Waals surface area (Å²) >= 11 is 0.985. The smallest absolute Gasteiger partial charge is 0.347 e. The normalized spacial score (nSPS) is 15.9. The second kappa shape index (κ2) is 10.9. The average Bonchev–Trinajstić information content (AvgIpc) is 3.50. The standard InChI is InChI=1S/C25H21F3N6O3S/c1-14(21-15(2)33-34(24(21)37)18-5-3-17(4-6-18)25(26,27)28)31-32-23(36)20-8-7-19(38-20)22(35)30-13-16-9-11-29-12-10-16/h3-12,21H,13H2,1-2H3,(H,30,35)(H,32,36)/b31-14+. The van der Waals surface area contributed by atoms with Gasteiger partial charge in [0, 0.05) is 18.9 Å². The molecule has 3 heterocycles. The van der Waals surface area contributed by atoms with E-state index in [0.29, 0.717) is 17.1 Å². The minimum Gasteiger partial charge on any atom is -0.347 e. The number of hydrogen-bond donors (Lipinski definition) is 2. The molecule has 13 heteroatoms. The number of benzene rings is 1. The maximum Gasteiger partial charge on any atom is 0.416 e. The average molecular weight is 543 g/mol. The second-order valence-corrected chi connectivity index (χ2v) is 9.35. The molecule has 0 saturated heterocycles. The van der Waals surface area contributed by atoms with E-state index in [4.69, 9.17) is 0 Å². The van der Waals surface area contributed by atoms with E-state index < -0.39 is 29.5 Å². The van der Waals surface area contributed by atoms with Crippen molar-refractivity contribution in [3.8, 4) is 0 Å². The minimum absolute atomic E-state index is 0.176. The third kappa shape index (κ3) is 5.94. The number of thiophene rings is 1. The van der Waals surface area contributed by atoms with Crippen molar-refractivity contribution in [2.24, 2.45) is 16.1 Å². The van der Waals surface area contributed by atoms with Gasteiger partial charge in [0.1, 0.15) is 5.92 Å². The number of hydrazone groups is 2. The van der Waals surface area contributed by atoms with E-state index in [1.54, 1.807) is 31.5 Å². The number of aromatic nitrogens is 1. The number of halogens is 3. The molecule has 1 aromatic carbocycles. The molecule has 0 spiro atoms. The largest absolute Gasteiger partial charge is 0.416 e. The highest BCUT2D eigenvalue weighted by Crippen LogP contribution is 2.32. The van der Waals surface area contributed by atoms with Crippen LogP contribution in [-0.2, 0) is 17.5 Å². The number of carbonyl (C=O) groups excluding carboxylic acids is 3. The van der Waals surface area contributed by atoms with Gasteiger partial charge in [-0.2, -0.15) is 28.4 Å². The number of amides is 3. The van der Waals surface area contributed by atoms with Crippen LogP contribution < -0.4 is 15.8 Å². The maximum atomic E-state index is 12.9. The lowest BCUT2D eigenvalue weighted by Crippen LogP contribution is -2.33. The Morgan fingerprint density at radius 2 is 1.66 bits per heavy atom. The summed E-state index contributed by atoms with van der Waals surface area (Å²) in [6, 6.07) is 10.6. The van der Waals surface area contributed by atoms with Crippen LogP contribution >= 0.6 is 11.3 Å². The van der Waals surface area contributed by atoms with E-state index in [0.717, 1.165) is 46.2 Å².